The molecule has 0 aromatic heterocycles. The zero-order valence-corrected chi connectivity index (χ0v) is 20.8. The largest absolute Gasteiger partial charge is 0.496 e. The van der Waals surface area contributed by atoms with Crippen molar-refractivity contribution in [2.45, 2.75) is 11.4 Å². The lowest BCUT2D eigenvalue weighted by molar-refractivity contribution is -0.121. The molecule has 0 atom stereocenters. The summed E-state index contributed by atoms with van der Waals surface area (Å²) >= 11 is 9.24. The highest BCUT2D eigenvalue weighted by Crippen LogP contribution is 2.21. The van der Waals surface area contributed by atoms with Crippen molar-refractivity contribution in [2.24, 2.45) is 5.10 Å². The molecule has 1 amide bonds. The van der Waals surface area contributed by atoms with Crippen molar-refractivity contribution in [3.05, 3.63) is 93.4 Å². The maximum atomic E-state index is 13.3. The fraction of sp³-hybridized carbons (Fsp3) is 0.130. The molecule has 0 fully saturated rings. The number of benzene rings is 3. The maximum Gasteiger partial charge on any atom is 0.255 e. The summed E-state index contributed by atoms with van der Waals surface area (Å²) in [5.74, 6) is 0.00785. The van der Waals surface area contributed by atoms with E-state index in [2.05, 4.69) is 26.5 Å². The molecule has 3 aromatic rings. The molecule has 0 aliphatic heterocycles. The highest BCUT2D eigenvalue weighted by atomic mass is 79.9. The monoisotopic (exact) mass is 549 g/mol. The number of carbonyl (C=O) groups is 1. The standard InChI is InChI=1S/C23H21BrClN3O4S/c1-32-22-5-3-2-4-18(22)14-26-27-23(29)16-28(15-17-6-10-20(25)11-7-17)33(30,31)21-12-8-19(24)9-13-21/h2-14H,15-16H2,1H3,(H,27,29)/b26-14-. The van der Waals surface area contributed by atoms with Crippen molar-refractivity contribution in [2.75, 3.05) is 13.7 Å². The van der Waals surface area contributed by atoms with E-state index >= 15 is 0 Å². The van der Waals surface area contributed by atoms with Crippen molar-refractivity contribution in [1.82, 2.24) is 9.73 Å². The molecule has 0 aliphatic rings. The molecule has 10 heteroatoms. The summed E-state index contributed by atoms with van der Waals surface area (Å²) in [4.78, 5) is 12.7. The van der Waals surface area contributed by atoms with Crippen molar-refractivity contribution in [3.63, 3.8) is 0 Å². The van der Waals surface area contributed by atoms with Gasteiger partial charge in [0, 0.05) is 21.6 Å². The van der Waals surface area contributed by atoms with Crippen molar-refractivity contribution in [3.8, 4) is 5.75 Å². The average molecular weight is 551 g/mol. The highest BCUT2D eigenvalue weighted by Gasteiger charge is 2.27. The Labute approximate surface area is 206 Å². The van der Waals surface area contributed by atoms with Crippen LogP contribution in [0.5, 0.6) is 5.75 Å². The number of nitrogens with one attached hydrogen (secondary N) is 1. The molecule has 0 heterocycles. The number of para-hydroxylation sites is 1. The number of sulfonamides is 1. The number of ether oxygens (including phenoxy) is 1. The van der Waals surface area contributed by atoms with E-state index in [1.165, 1.54) is 25.5 Å². The molecule has 0 unspecified atom stereocenters. The zero-order chi connectivity index (χ0) is 23.8. The van der Waals surface area contributed by atoms with Crippen LogP contribution in [-0.2, 0) is 21.4 Å². The minimum absolute atomic E-state index is 0.0147. The molecular formula is C23H21BrClN3O4S. The Morgan fingerprint density at radius 1 is 1.09 bits per heavy atom. The van der Waals surface area contributed by atoms with Gasteiger partial charge in [0.05, 0.1) is 24.8 Å². The lowest BCUT2D eigenvalue weighted by atomic mass is 10.2. The normalized spacial score (nSPS) is 11.6. The minimum atomic E-state index is -3.96. The first kappa shape index (κ1) is 24.9. The Morgan fingerprint density at radius 3 is 2.42 bits per heavy atom. The summed E-state index contributed by atoms with van der Waals surface area (Å²) in [6.45, 7) is -0.441. The van der Waals surface area contributed by atoms with Crippen LogP contribution >= 0.6 is 27.5 Å². The van der Waals surface area contributed by atoms with Crippen LogP contribution in [-0.4, -0.2) is 38.5 Å². The minimum Gasteiger partial charge on any atom is -0.496 e. The molecular weight excluding hydrogens is 530 g/mol. The van der Waals surface area contributed by atoms with Crippen LogP contribution in [0.4, 0.5) is 0 Å². The number of rotatable bonds is 9. The van der Waals surface area contributed by atoms with Gasteiger partial charge in [-0.25, -0.2) is 13.8 Å². The molecule has 1 N–H and O–H groups in total. The number of halogens is 2. The lowest BCUT2D eigenvalue weighted by Crippen LogP contribution is -2.39. The first-order valence-electron chi connectivity index (χ1n) is 9.74. The van der Waals surface area contributed by atoms with E-state index in [1.807, 2.05) is 12.1 Å². The second kappa shape index (κ2) is 11.4. The van der Waals surface area contributed by atoms with Crippen LogP contribution in [0.25, 0.3) is 0 Å². The van der Waals surface area contributed by atoms with Crippen LogP contribution < -0.4 is 10.2 Å². The SMILES string of the molecule is COc1ccccc1/C=N\NC(=O)CN(Cc1ccc(Cl)cc1)S(=O)(=O)c1ccc(Br)cc1. The number of methoxy groups -OCH3 is 1. The van der Waals surface area contributed by atoms with E-state index in [1.54, 1.807) is 48.5 Å². The summed E-state index contributed by atoms with van der Waals surface area (Å²) in [5.41, 5.74) is 3.73. The topological polar surface area (TPSA) is 88.1 Å². The molecule has 0 bridgehead atoms. The molecule has 0 saturated carbocycles. The van der Waals surface area contributed by atoms with E-state index in [-0.39, 0.29) is 11.4 Å². The Morgan fingerprint density at radius 2 is 1.76 bits per heavy atom. The fourth-order valence-corrected chi connectivity index (χ4v) is 4.69. The maximum absolute atomic E-state index is 13.3. The zero-order valence-electron chi connectivity index (χ0n) is 17.6. The second-order valence-electron chi connectivity index (χ2n) is 6.89. The third kappa shape index (κ3) is 6.88. The number of carbonyl (C=O) groups excluding carboxylic acids is 1. The van der Waals surface area contributed by atoms with E-state index < -0.39 is 22.5 Å². The van der Waals surface area contributed by atoms with Gasteiger partial charge in [0.15, 0.2) is 0 Å². The van der Waals surface area contributed by atoms with Gasteiger partial charge >= 0.3 is 0 Å². The molecule has 0 aliphatic carbocycles. The molecule has 0 saturated heterocycles. The predicted molar refractivity (Wildman–Crippen MR) is 132 cm³/mol. The average Bonchev–Trinajstić information content (AvgIpc) is 2.80. The number of hydrogen-bond donors (Lipinski definition) is 1. The van der Waals surface area contributed by atoms with Gasteiger partial charge in [-0.1, -0.05) is 51.8 Å². The first-order valence-corrected chi connectivity index (χ1v) is 12.4. The van der Waals surface area contributed by atoms with Gasteiger partial charge in [0.2, 0.25) is 10.0 Å². The van der Waals surface area contributed by atoms with Crippen LogP contribution in [0.1, 0.15) is 11.1 Å². The summed E-state index contributed by atoms with van der Waals surface area (Å²) < 4.78 is 33.6. The van der Waals surface area contributed by atoms with E-state index in [4.69, 9.17) is 16.3 Å². The van der Waals surface area contributed by atoms with Crippen molar-refractivity contribution < 1.29 is 17.9 Å². The third-order valence-electron chi connectivity index (χ3n) is 4.58. The molecule has 3 rings (SSSR count). The Balaban J connectivity index is 1.79. The van der Waals surface area contributed by atoms with Gasteiger partial charge in [-0.05, 0) is 54.1 Å². The third-order valence-corrected chi connectivity index (χ3v) is 7.16. The Kier molecular flexibility index (Phi) is 8.62. The van der Waals surface area contributed by atoms with E-state index in [9.17, 15) is 13.2 Å². The molecule has 0 spiro atoms. The fourth-order valence-electron chi connectivity index (χ4n) is 2.92. The Hall–Kier alpha value is -2.72. The Bertz CT molecular complexity index is 1230. The molecule has 7 nitrogen and oxygen atoms in total. The molecule has 3 aromatic carbocycles. The summed E-state index contributed by atoms with van der Waals surface area (Å²) in [6, 6.07) is 20.1. The highest BCUT2D eigenvalue weighted by molar-refractivity contribution is 9.10. The van der Waals surface area contributed by atoms with Gasteiger partial charge in [-0.15, -0.1) is 0 Å². The van der Waals surface area contributed by atoms with E-state index in [0.29, 0.717) is 21.9 Å². The first-order chi connectivity index (χ1) is 15.8. The quantitative estimate of drug-likeness (QED) is 0.315. The van der Waals surface area contributed by atoms with Gasteiger partial charge in [0.25, 0.3) is 5.91 Å². The number of hydrazone groups is 1. The number of amides is 1. The molecule has 0 radical (unpaired) electrons. The molecule has 33 heavy (non-hydrogen) atoms. The van der Waals surface area contributed by atoms with Crippen molar-refractivity contribution in [1.29, 1.82) is 0 Å². The van der Waals surface area contributed by atoms with Gasteiger partial charge in [-0.2, -0.15) is 9.41 Å². The number of hydrogen-bond acceptors (Lipinski definition) is 5. The number of nitrogens with zero attached hydrogens (tertiary/aromatic N) is 2. The van der Waals surface area contributed by atoms with Gasteiger partial charge in [-0.3, -0.25) is 4.79 Å². The van der Waals surface area contributed by atoms with E-state index in [0.717, 1.165) is 8.78 Å². The summed E-state index contributed by atoms with van der Waals surface area (Å²) in [5, 5.41) is 4.47. The summed E-state index contributed by atoms with van der Waals surface area (Å²) in [7, 11) is -2.43. The van der Waals surface area contributed by atoms with Crippen LogP contribution in [0.3, 0.4) is 0 Å². The van der Waals surface area contributed by atoms with Crippen LogP contribution in [0.2, 0.25) is 5.02 Å². The van der Waals surface area contributed by atoms with Crippen LogP contribution in [0.15, 0.2) is 87.3 Å². The summed E-state index contributed by atoms with van der Waals surface area (Å²) in [6.07, 6.45) is 1.43. The molecule has 172 valence electrons. The second-order valence-corrected chi connectivity index (χ2v) is 10.2. The van der Waals surface area contributed by atoms with Crippen molar-refractivity contribution >= 4 is 49.7 Å². The smallest absolute Gasteiger partial charge is 0.255 e. The predicted octanol–water partition coefficient (Wildman–Crippen LogP) is 4.45. The van der Waals surface area contributed by atoms with Crippen LogP contribution in [0, 0.1) is 0 Å². The van der Waals surface area contributed by atoms with Gasteiger partial charge < -0.3 is 4.74 Å². The van der Waals surface area contributed by atoms with Gasteiger partial charge in [0.1, 0.15) is 5.75 Å². The lowest BCUT2D eigenvalue weighted by Gasteiger charge is -2.21.